The number of hydrogen-bond acceptors (Lipinski definition) is 7. The SMILES string of the molecule is Cc1nnc(-c2c(CC(C)(C)c3ccc(F)cc3)nc(CC(C)C)c(C(N)=O)c2-c2ccc(C(=O)NCc3ccc(F)c(F)c3)s2)o1. The van der Waals surface area contributed by atoms with Crippen molar-refractivity contribution < 1.29 is 27.2 Å². The first-order valence-electron chi connectivity index (χ1n) is 15.0. The van der Waals surface area contributed by atoms with E-state index in [0.29, 0.717) is 56.6 Å². The zero-order valence-corrected chi connectivity index (χ0v) is 27.4. The van der Waals surface area contributed by atoms with Gasteiger partial charge in [0.1, 0.15) is 5.82 Å². The molecule has 0 bridgehead atoms. The number of nitrogens with one attached hydrogen (secondary N) is 1. The van der Waals surface area contributed by atoms with E-state index >= 15 is 0 Å². The summed E-state index contributed by atoms with van der Waals surface area (Å²) in [5.74, 6) is -2.94. The lowest BCUT2D eigenvalue weighted by atomic mass is 9.78. The molecular weight excluding hydrogens is 627 g/mol. The van der Waals surface area contributed by atoms with Crippen LogP contribution in [0.15, 0.2) is 59.0 Å². The fraction of sp³-hybridized carbons (Fsp3) is 0.286. The molecule has 0 saturated carbocycles. The minimum absolute atomic E-state index is 0.0290. The van der Waals surface area contributed by atoms with Gasteiger partial charge in [0.15, 0.2) is 11.6 Å². The number of hydrogen-bond donors (Lipinski definition) is 2. The van der Waals surface area contributed by atoms with E-state index in [1.54, 1.807) is 31.2 Å². The van der Waals surface area contributed by atoms with E-state index < -0.39 is 28.9 Å². The first-order valence-corrected chi connectivity index (χ1v) is 15.8. The zero-order chi connectivity index (χ0) is 34.0. The number of amides is 2. The molecule has 0 fully saturated rings. The van der Waals surface area contributed by atoms with Gasteiger partial charge in [-0.05, 0) is 71.7 Å². The molecule has 5 rings (SSSR count). The van der Waals surface area contributed by atoms with Crippen molar-refractivity contribution in [1.29, 1.82) is 0 Å². The zero-order valence-electron chi connectivity index (χ0n) is 26.6. The normalized spacial score (nSPS) is 11.7. The van der Waals surface area contributed by atoms with E-state index in [4.69, 9.17) is 15.1 Å². The third-order valence-electron chi connectivity index (χ3n) is 7.68. The van der Waals surface area contributed by atoms with Crippen molar-refractivity contribution in [1.82, 2.24) is 20.5 Å². The molecule has 3 aromatic heterocycles. The fourth-order valence-electron chi connectivity index (χ4n) is 5.43. The second-order valence-corrected chi connectivity index (χ2v) is 13.5. The van der Waals surface area contributed by atoms with Crippen LogP contribution in [0.2, 0.25) is 0 Å². The molecule has 5 aromatic rings. The Morgan fingerprint density at radius 1 is 0.957 bits per heavy atom. The van der Waals surface area contributed by atoms with Crippen molar-refractivity contribution in [3.63, 3.8) is 0 Å². The maximum Gasteiger partial charge on any atom is 0.261 e. The Morgan fingerprint density at radius 2 is 1.68 bits per heavy atom. The molecule has 0 aliphatic heterocycles. The quantitative estimate of drug-likeness (QED) is 0.153. The Bertz CT molecular complexity index is 1950. The van der Waals surface area contributed by atoms with Crippen molar-refractivity contribution in [2.75, 3.05) is 0 Å². The number of carbonyl (C=O) groups excluding carboxylic acids is 2. The average Bonchev–Trinajstić information content (AvgIpc) is 3.66. The van der Waals surface area contributed by atoms with Gasteiger partial charge in [0, 0.05) is 23.9 Å². The van der Waals surface area contributed by atoms with Gasteiger partial charge in [-0.2, -0.15) is 0 Å². The molecule has 0 radical (unpaired) electrons. The first-order chi connectivity index (χ1) is 22.2. The van der Waals surface area contributed by atoms with E-state index in [9.17, 15) is 22.8 Å². The first kappa shape index (κ1) is 33.5. The van der Waals surface area contributed by atoms with Gasteiger partial charge in [-0.15, -0.1) is 21.5 Å². The summed E-state index contributed by atoms with van der Waals surface area (Å²) in [6, 6.07) is 13.0. The van der Waals surface area contributed by atoms with Gasteiger partial charge in [0.2, 0.25) is 11.8 Å². The molecule has 12 heteroatoms. The van der Waals surface area contributed by atoms with Crippen molar-refractivity contribution in [3.8, 4) is 21.9 Å². The number of nitrogens with zero attached hydrogens (tertiary/aromatic N) is 3. The van der Waals surface area contributed by atoms with E-state index in [1.807, 2.05) is 27.7 Å². The highest BCUT2D eigenvalue weighted by molar-refractivity contribution is 7.17. The lowest BCUT2D eigenvalue weighted by Crippen LogP contribution is -2.24. The molecule has 2 aromatic carbocycles. The monoisotopic (exact) mass is 661 g/mol. The van der Waals surface area contributed by atoms with Gasteiger partial charge < -0.3 is 15.5 Å². The van der Waals surface area contributed by atoms with Crippen LogP contribution in [-0.2, 0) is 24.8 Å². The number of carbonyl (C=O) groups is 2. The second kappa shape index (κ2) is 13.5. The molecular formula is C35H34F3N5O3S. The summed E-state index contributed by atoms with van der Waals surface area (Å²) in [5.41, 5.74) is 8.83. The van der Waals surface area contributed by atoms with E-state index in [2.05, 4.69) is 15.5 Å². The highest BCUT2D eigenvalue weighted by Gasteiger charge is 2.32. The van der Waals surface area contributed by atoms with Crippen LogP contribution in [0.3, 0.4) is 0 Å². The number of benzene rings is 2. The van der Waals surface area contributed by atoms with E-state index in [-0.39, 0.29) is 29.7 Å². The Morgan fingerprint density at radius 3 is 2.30 bits per heavy atom. The Hall–Kier alpha value is -4.84. The minimum atomic E-state index is -1.01. The molecule has 8 nitrogen and oxygen atoms in total. The number of aryl methyl sites for hydroxylation is 1. The molecule has 47 heavy (non-hydrogen) atoms. The Balaban J connectivity index is 1.65. The molecule has 0 atom stereocenters. The lowest BCUT2D eigenvalue weighted by molar-refractivity contribution is 0.0953. The highest BCUT2D eigenvalue weighted by Crippen LogP contribution is 2.43. The third-order valence-corrected chi connectivity index (χ3v) is 8.78. The van der Waals surface area contributed by atoms with Crippen molar-refractivity contribution >= 4 is 23.2 Å². The topological polar surface area (TPSA) is 124 Å². The number of pyridine rings is 1. The van der Waals surface area contributed by atoms with Crippen LogP contribution >= 0.6 is 11.3 Å². The summed E-state index contributed by atoms with van der Waals surface area (Å²) in [4.78, 5) is 32.3. The van der Waals surface area contributed by atoms with Gasteiger partial charge in [0.25, 0.3) is 11.8 Å². The van der Waals surface area contributed by atoms with E-state index in [0.717, 1.165) is 29.0 Å². The average molecular weight is 662 g/mol. The van der Waals surface area contributed by atoms with E-state index in [1.165, 1.54) is 18.2 Å². The largest absolute Gasteiger partial charge is 0.421 e. The fourth-order valence-corrected chi connectivity index (χ4v) is 6.41. The van der Waals surface area contributed by atoms with Crippen LogP contribution in [-0.4, -0.2) is 27.0 Å². The number of primary amides is 1. The molecule has 3 heterocycles. The second-order valence-electron chi connectivity index (χ2n) is 12.4. The molecule has 3 N–H and O–H groups in total. The Kier molecular flexibility index (Phi) is 9.62. The van der Waals surface area contributed by atoms with Crippen LogP contribution < -0.4 is 11.1 Å². The lowest BCUT2D eigenvalue weighted by Gasteiger charge is -2.27. The van der Waals surface area contributed by atoms with Gasteiger partial charge >= 0.3 is 0 Å². The summed E-state index contributed by atoms with van der Waals surface area (Å²) in [6.07, 6.45) is 0.783. The van der Waals surface area contributed by atoms with Crippen molar-refractivity contribution in [2.45, 2.75) is 59.4 Å². The summed E-state index contributed by atoms with van der Waals surface area (Å²) in [7, 11) is 0. The standard InChI is InChI=1S/C35H34F3N5O3S/c1-18(2)14-25-29(32(39)44)31(27-12-13-28(47-27)33(45)40-17-20-6-11-23(37)24(38)15-20)30(34-43-42-19(3)46-34)26(41-25)16-35(4,5)21-7-9-22(36)10-8-21/h6-13,15,18H,14,16-17H2,1-5H3,(H2,39,44)(H,40,45). The van der Waals surface area contributed by atoms with Gasteiger partial charge in [-0.25, -0.2) is 13.2 Å². The van der Waals surface area contributed by atoms with Crippen molar-refractivity contribution in [3.05, 3.63) is 111 Å². The molecule has 0 unspecified atom stereocenters. The highest BCUT2D eigenvalue weighted by atomic mass is 32.1. The summed E-state index contributed by atoms with van der Waals surface area (Å²) < 4.78 is 46.8. The van der Waals surface area contributed by atoms with Crippen LogP contribution in [0, 0.1) is 30.3 Å². The number of rotatable bonds is 11. The predicted octanol–water partition coefficient (Wildman–Crippen LogP) is 7.33. The Labute approximate surface area is 274 Å². The summed E-state index contributed by atoms with van der Waals surface area (Å²) in [6.45, 7) is 9.64. The van der Waals surface area contributed by atoms with Gasteiger partial charge in [-0.1, -0.05) is 45.9 Å². The molecule has 0 spiro atoms. The predicted molar refractivity (Wildman–Crippen MR) is 173 cm³/mol. The molecule has 0 aliphatic carbocycles. The van der Waals surface area contributed by atoms with Crippen LogP contribution in [0.1, 0.15) is 76.1 Å². The summed E-state index contributed by atoms with van der Waals surface area (Å²) >= 11 is 1.12. The molecule has 2 amide bonds. The van der Waals surface area contributed by atoms with Crippen molar-refractivity contribution in [2.24, 2.45) is 11.7 Å². The van der Waals surface area contributed by atoms with Crippen LogP contribution in [0.5, 0.6) is 0 Å². The maximum atomic E-state index is 13.8. The van der Waals surface area contributed by atoms with Crippen LogP contribution in [0.4, 0.5) is 13.2 Å². The number of aromatic nitrogens is 3. The smallest absolute Gasteiger partial charge is 0.261 e. The third kappa shape index (κ3) is 7.43. The minimum Gasteiger partial charge on any atom is -0.421 e. The van der Waals surface area contributed by atoms with Gasteiger partial charge in [0.05, 0.1) is 27.4 Å². The maximum absolute atomic E-state index is 13.8. The summed E-state index contributed by atoms with van der Waals surface area (Å²) in [5, 5.41) is 11.1. The number of nitrogens with two attached hydrogens (primary N) is 1. The van der Waals surface area contributed by atoms with Crippen LogP contribution in [0.25, 0.3) is 21.9 Å². The molecule has 244 valence electrons. The molecule has 0 saturated heterocycles. The number of halogens is 3. The molecule has 0 aliphatic rings. The van der Waals surface area contributed by atoms with Gasteiger partial charge in [-0.3, -0.25) is 14.6 Å². The number of thiophene rings is 1.